The summed E-state index contributed by atoms with van der Waals surface area (Å²) in [6.07, 6.45) is 0.101. The quantitative estimate of drug-likeness (QED) is 0.700. The molecule has 1 fully saturated rings. The van der Waals surface area contributed by atoms with Gasteiger partial charge in [0.05, 0.1) is 0 Å². The molecule has 0 nitrogen and oxygen atoms in total. The maximum absolute atomic E-state index is 12.2. The first-order chi connectivity index (χ1) is 7.66. The first-order valence-corrected chi connectivity index (χ1v) is 6.04. The number of alkyl halides is 2. The van der Waals surface area contributed by atoms with Gasteiger partial charge in [-0.1, -0.05) is 32.0 Å². The van der Waals surface area contributed by atoms with Gasteiger partial charge >= 0.3 is 0 Å². The predicted molar refractivity (Wildman–Crippen MR) is 64.2 cm³/mol. The fraction of sp³-hybridized carbons (Fsp3) is 0.571. The van der Waals surface area contributed by atoms with Crippen LogP contribution in [0.4, 0.5) is 8.78 Å². The molecule has 16 heavy (non-hydrogen) atoms. The zero-order chi connectivity index (χ0) is 12.1. The molecule has 0 amide bonds. The fourth-order valence-electron chi connectivity index (χ4n) is 1.75. The number of benzene rings is 1. The molecule has 0 aromatic heterocycles. The van der Waals surface area contributed by atoms with Crippen LogP contribution in [0.5, 0.6) is 0 Å². The van der Waals surface area contributed by atoms with E-state index in [1.54, 1.807) is 0 Å². The van der Waals surface area contributed by atoms with Crippen molar-refractivity contribution in [2.45, 2.75) is 52.4 Å². The number of halogens is 2. The highest BCUT2D eigenvalue weighted by atomic mass is 19.3. The van der Waals surface area contributed by atoms with Crippen LogP contribution in [-0.2, 0) is 6.42 Å². The van der Waals surface area contributed by atoms with Crippen molar-refractivity contribution in [3.63, 3.8) is 0 Å². The monoisotopic (exact) mass is 226 g/mol. The van der Waals surface area contributed by atoms with Crippen molar-refractivity contribution < 1.29 is 8.78 Å². The summed E-state index contributed by atoms with van der Waals surface area (Å²) in [5.41, 5.74) is 3.03. The maximum Gasteiger partial charge on any atom is 0.242 e. The van der Waals surface area contributed by atoms with E-state index in [9.17, 15) is 8.78 Å². The SMILES string of the molecule is CC.Cc1ccc(C2CC2)cc1CC(F)F. The van der Waals surface area contributed by atoms with Gasteiger partial charge in [0, 0.05) is 6.42 Å². The van der Waals surface area contributed by atoms with E-state index >= 15 is 0 Å². The molecule has 0 spiro atoms. The van der Waals surface area contributed by atoms with Crippen LogP contribution in [0, 0.1) is 6.92 Å². The maximum atomic E-state index is 12.2. The summed E-state index contributed by atoms with van der Waals surface area (Å²) in [7, 11) is 0. The first-order valence-electron chi connectivity index (χ1n) is 6.04. The second-order valence-electron chi connectivity index (χ2n) is 4.06. The van der Waals surface area contributed by atoms with Crippen LogP contribution in [-0.4, -0.2) is 6.43 Å². The highest BCUT2D eigenvalue weighted by Crippen LogP contribution is 2.40. The van der Waals surface area contributed by atoms with Crippen LogP contribution >= 0.6 is 0 Å². The Bertz CT molecular complexity index is 328. The molecule has 2 rings (SSSR count). The van der Waals surface area contributed by atoms with Crippen LogP contribution in [0.3, 0.4) is 0 Å². The molecule has 1 aromatic carbocycles. The Morgan fingerprint density at radius 1 is 1.25 bits per heavy atom. The average Bonchev–Trinajstić information content (AvgIpc) is 3.07. The third-order valence-corrected chi connectivity index (χ3v) is 2.80. The van der Waals surface area contributed by atoms with Gasteiger partial charge in [-0.25, -0.2) is 8.78 Å². The lowest BCUT2D eigenvalue weighted by molar-refractivity contribution is 0.149. The van der Waals surface area contributed by atoms with Crippen LogP contribution in [0.2, 0.25) is 0 Å². The second kappa shape index (κ2) is 5.97. The molecule has 1 aliphatic carbocycles. The van der Waals surface area contributed by atoms with Gasteiger partial charge in [0.15, 0.2) is 0 Å². The van der Waals surface area contributed by atoms with Crippen molar-refractivity contribution in [3.05, 3.63) is 34.9 Å². The molecule has 0 N–H and O–H groups in total. The number of rotatable bonds is 3. The van der Waals surface area contributed by atoms with Gasteiger partial charge in [0.2, 0.25) is 6.43 Å². The summed E-state index contributed by atoms with van der Waals surface area (Å²) in [5.74, 6) is 0.645. The van der Waals surface area contributed by atoms with Crippen molar-refractivity contribution in [1.29, 1.82) is 0 Å². The standard InChI is InChI=1S/C12H14F2.C2H6/c1-8-2-3-10(9-4-5-9)6-11(8)7-12(13)14;1-2/h2-3,6,9,12H,4-5,7H2,1H3;1-2H3. The van der Waals surface area contributed by atoms with Crippen molar-refractivity contribution in [1.82, 2.24) is 0 Å². The summed E-state index contributed by atoms with van der Waals surface area (Å²) in [4.78, 5) is 0. The van der Waals surface area contributed by atoms with Gasteiger partial charge in [-0.3, -0.25) is 0 Å². The van der Waals surface area contributed by atoms with Gasteiger partial charge < -0.3 is 0 Å². The Kier molecular flexibility index (Phi) is 4.91. The average molecular weight is 226 g/mol. The van der Waals surface area contributed by atoms with E-state index in [4.69, 9.17) is 0 Å². The van der Waals surface area contributed by atoms with Crippen molar-refractivity contribution >= 4 is 0 Å². The van der Waals surface area contributed by atoms with Crippen LogP contribution in [0.15, 0.2) is 18.2 Å². The molecule has 0 heterocycles. The number of hydrogen-bond acceptors (Lipinski definition) is 0. The highest BCUT2D eigenvalue weighted by molar-refractivity contribution is 5.35. The molecule has 0 saturated heterocycles. The molecule has 1 saturated carbocycles. The first kappa shape index (κ1) is 13.1. The predicted octanol–water partition coefficient (Wildman–Crippen LogP) is 4.71. The van der Waals surface area contributed by atoms with Crippen molar-refractivity contribution in [2.24, 2.45) is 0 Å². The Labute approximate surface area is 96.7 Å². The number of aryl methyl sites for hydroxylation is 1. The zero-order valence-corrected chi connectivity index (χ0v) is 10.3. The largest absolute Gasteiger partial charge is 0.242 e. The van der Waals surface area contributed by atoms with E-state index in [0.717, 1.165) is 11.1 Å². The van der Waals surface area contributed by atoms with Crippen LogP contribution in [0.1, 0.15) is 49.3 Å². The number of hydrogen-bond donors (Lipinski definition) is 0. The minimum absolute atomic E-state index is 0.105. The smallest absolute Gasteiger partial charge is 0.210 e. The minimum Gasteiger partial charge on any atom is -0.210 e. The topological polar surface area (TPSA) is 0 Å². The molecule has 0 unspecified atom stereocenters. The Morgan fingerprint density at radius 2 is 1.88 bits per heavy atom. The molecule has 0 bridgehead atoms. The molecular weight excluding hydrogens is 206 g/mol. The molecule has 0 atom stereocenters. The minimum atomic E-state index is -2.23. The van der Waals surface area contributed by atoms with Crippen molar-refractivity contribution in [3.8, 4) is 0 Å². The zero-order valence-electron chi connectivity index (χ0n) is 10.3. The Balaban J connectivity index is 0.000000606. The van der Waals surface area contributed by atoms with Crippen molar-refractivity contribution in [2.75, 3.05) is 0 Å². The molecule has 2 heteroatoms. The Hall–Kier alpha value is -0.920. The van der Waals surface area contributed by atoms with Crippen LogP contribution < -0.4 is 0 Å². The molecule has 0 aliphatic heterocycles. The fourth-order valence-corrected chi connectivity index (χ4v) is 1.75. The molecule has 90 valence electrons. The molecular formula is C14H20F2. The Morgan fingerprint density at radius 3 is 2.38 bits per heavy atom. The molecule has 1 aliphatic rings. The van der Waals surface area contributed by atoms with Crippen LogP contribution in [0.25, 0.3) is 0 Å². The second-order valence-corrected chi connectivity index (χ2v) is 4.06. The molecule has 0 radical (unpaired) electrons. The van der Waals surface area contributed by atoms with Gasteiger partial charge in [-0.2, -0.15) is 0 Å². The van der Waals surface area contributed by atoms with E-state index in [1.165, 1.54) is 18.4 Å². The summed E-state index contributed by atoms with van der Waals surface area (Å²) >= 11 is 0. The van der Waals surface area contributed by atoms with Gasteiger partial charge in [0.1, 0.15) is 0 Å². The van der Waals surface area contributed by atoms with Gasteiger partial charge in [-0.15, -0.1) is 0 Å². The summed E-state index contributed by atoms with van der Waals surface area (Å²) < 4.78 is 24.5. The van der Waals surface area contributed by atoms with E-state index < -0.39 is 6.43 Å². The van der Waals surface area contributed by atoms with E-state index in [0.29, 0.717) is 5.92 Å². The lowest BCUT2D eigenvalue weighted by atomic mass is 10.0. The van der Waals surface area contributed by atoms with Gasteiger partial charge in [-0.05, 0) is 42.4 Å². The summed E-state index contributed by atoms with van der Waals surface area (Å²) in [6.45, 7) is 5.90. The van der Waals surface area contributed by atoms with Gasteiger partial charge in [0.25, 0.3) is 0 Å². The van der Waals surface area contributed by atoms with E-state index in [2.05, 4.69) is 6.07 Å². The van der Waals surface area contributed by atoms with E-state index in [1.807, 2.05) is 32.9 Å². The molecule has 1 aromatic rings. The lowest BCUT2D eigenvalue weighted by Crippen LogP contribution is -2.00. The third-order valence-electron chi connectivity index (χ3n) is 2.80. The van der Waals surface area contributed by atoms with E-state index in [-0.39, 0.29) is 6.42 Å². The summed E-state index contributed by atoms with van der Waals surface area (Å²) in [6, 6.07) is 5.99. The lowest BCUT2D eigenvalue weighted by Gasteiger charge is -2.07. The highest BCUT2D eigenvalue weighted by Gasteiger charge is 2.23. The summed E-state index contributed by atoms with van der Waals surface area (Å²) in [5, 5.41) is 0. The normalized spacial score (nSPS) is 14.6. The third kappa shape index (κ3) is 3.58.